The largest absolute Gasteiger partial charge is 0.351 e. The molecule has 3 nitrogen and oxygen atoms in total. The van der Waals surface area contributed by atoms with E-state index in [9.17, 15) is 4.79 Å². The number of aryl methyl sites for hydroxylation is 1. The minimum Gasteiger partial charge on any atom is -0.351 e. The maximum absolute atomic E-state index is 12.0. The van der Waals surface area contributed by atoms with Crippen LogP contribution < -0.4 is 5.32 Å². The Hall–Kier alpha value is -1.10. The molecule has 0 radical (unpaired) electrons. The van der Waals surface area contributed by atoms with Crippen LogP contribution in [0, 0.1) is 0 Å². The maximum atomic E-state index is 12.0. The molecule has 1 N–H and O–H groups in total. The van der Waals surface area contributed by atoms with Crippen LogP contribution in [0.15, 0.2) is 24.3 Å². The molecule has 0 unspecified atom stereocenters. The summed E-state index contributed by atoms with van der Waals surface area (Å²) in [5, 5.41) is 3.25. The number of nitrogens with zero attached hydrogens (tertiary/aromatic N) is 1. The summed E-state index contributed by atoms with van der Waals surface area (Å²) in [5.74, 6) is -0.228. The van der Waals surface area contributed by atoms with Gasteiger partial charge in [0.25, 0.3) is 5.91 Å². The van der Waals surface area contributed by atoms with Gasteiger partial charge in [0.05, 0.1) is 0 Å². The first kappa shape index (κ1) is 17.3. The summed E-state index contributed by atoms with van der Waals surface area (Å²) in [7, 11) is 0. The molecule has 6 heteroatoms. The van der Waals surface area contributed by atoms with E-state index in [-0.39, 0.29) is 16.1 Å². The number of benzene rings is 1. The van der Waals surface area contributed by atoms with Gasteiger partial charge in [0.1, 0.15) is 9.90 Å². The lowest BCUT2D eigenvalue weighted by atomic mass is 10.0. The van der Waals surface area contributed by atoms with E-state index in [1.807, 2.05) is 0 Å². The summed E-state index contributed by atoms with van der Waals surface area (Å²) in [4.78, 5) is 12.3. The SMILES string of the molecule is CCCCc1ccc(CCNC(=O)c2snc(Cl)c2Cl)cc1. The monoisotopic (exact) mass is 356 g/mol. The number of nitrogens with one attached hydrogen (secondary N) is 1. The van der Waals surface area contributed by atoms with Crippen molar-refractivity contribution in [3.05, 3.63) is 50.4 Å². The van der Waals surface area contributed by atoms with Crippen LogP contribution in [0.1, 0.15) is 40.6 Å². The van der Waals surface area contributed by atoms with Crippen LogP contribution in [0.5, 0.6) is 0 Å². The van der Waals surface area contributed by atoms with Gasteiger partial charge in [-0.05, 0) is 41.9 Å². The van der Waals surface area contributed by atoms with Crippen molar-refractivity contribution in [3.63, 3.8) is 0 Å². The molecule has 0 saturated carbocycles. The molecule has 0 saturated heterocycles. The van der Waals surface area contributed by atoms with Crippen molar-refractivity contribution in [2.45, 2.75) is 32.6 Å². The van der Waals surface area contributed by atoms with E-state index in [0.29, 0.717) is 11.4 Å². The first-order valence-corrected chi connectivity index (χ1v) is 8.81. The van der Waals surface area contributed by atoms with E-state index in [4.69, 9.17) is 23.2 Å². The topological polar surface area (TPSA) is 42.0 Å². The van der Waals surface area contributed by atoms with Gasteiger partial charge in [-0.15, -0.1) is 0 Å². The Labute approximate surface area is 144 Å². The van der Waals surface area contributed by atoms with Gasteiger partial charge in [-0.1, -0.05) is 60.8 Å². The highest BCUT2D eigenvalue weighted by atomic mass is 35.5. The zero-order valence-corrected chi connectivity index (χ0v) is 14.7. The highest BCUT2D eigenvalue weighted by Crippen LogP contribution is 2.28. The molecule has 0 fully saturated rings. The van der Waals surface area contributed by atoms with E-state index in [0.717, 1.165) is 24.4 Å². The Kier molecular flexibility index (Phi) is 6.68. The van der Waals surface area contributed by atoms with Gasteiger partial charge in [-0.2, -0.15) is 4.37 Å². The lowest BCUT2D eigenvalue weighted by Crippen LogP contribution is -2.25. The highest BCUT2D eigenvalue weighted by Gasteiger charge is 2.16. The molecular weight excluding hydrogens is 339 g/mol. The van der Waals surface area contributed by atoms with Crippen molar-refractivity contribution >= 4 is 40.6 Å². The zero-order chi connectivity index (χ0) is 15.9. The van der Waals surface area contributed by atoms with Crippen LogP contribution in [0.4, 0.5) is 0 Å². The summed E-state index contributed by atoms with van der Waals surface area (Å²) >= 11 is 12.7. The molecule has 0 aliphatic rings. The standard InChI is InChI=1S/C16H18Cl2N2OS/c1-2-3-4-11-5-7-12(8-6-11)9-10-19-16(21)14-13(17)15(18)20-22-14/h5-8H,2-4,9-10H2,1H3,(H,19,21). The predicted octanol–water partition coefficient (Wildman–Crippen LogP) is 4.77. The van der Waals surface area contributed by atoms with Crippen molar-refractivity contribution < 1.29 is 4.79 Å². The zero-order valence-electron chi connectivity index (χ0n) is 12.4. The van der Waals surface area contributed by atoms with Crippen LogP contribution in [0.3, 0.4) is 0 Å². The van der Waals surface area contributed by atoms with Crippen LogP contribution in [0.25, 0.3) is 0 Å². The number of halogens is 2. The second-order valence-corrected chi connectivity index (χ2v) is 6.55. The molecule has 0 bridgehead atoms. The third-order valence-electron chi connectivity index (χ3n) is 3.34. The van der Waals surface area contributed by atoms with Gasteiger partial charge in [-0.25, -0.2) is 0 Å². The number of hydrogen-bond donors (Lipinski definition) is 1. The second-order valence-electron chi connectivity index (χ2n) is 5.04. The Balaban J connectivity index is 1.81. The fraction of sp³-hybridized carbons (Fsp3) is 0.375. The molecule has 0 atom stereocenters. The Morgan fingerprint density at radius 3 is 2.36 bits per heavy atom. The molecule has 118 valence electrons. The van der Waals surface area contributed by atoms with Crippen LogP contribution in [-0.2, 0) is 12.8 Å². The molecule has 1 aromatic carbocycles. The Bertz CT molecular complexity index is 626. The normalized spacial score (nSPS) is 10.7. The van der Waals surface area contributed by atoms with Gasteiger partial charge >= 0.3 is 0 Å². The minimum absolute atomic E-state index is 0.180. The summed E-state index contributed by atoms with van der Waals surface area (Å²) < 4.78 is 3.85. The fourth-order valence-electron chi connectivity index (χ4n) is 2.05. The first-order chi connectivity index (χ1) is 10.6. The molecule has 2 aromatic rings. The number of amides is 1. The van der Waals surface area contributed by atoms with Gasteiger partial charge < -0.3 is 5.32 Å². The highest BCUT2D eigenvalue weighted by molar-refractivity contribution is 7.09. The number of rotatable bonds is 7. The molecular formula is C16H18Cl2N2OS. The third kappa shape index (κ3) is 4.70. The van der Waals surface area contributed by atoms with Gasteiger partial charge in [0.15, 0.2) is 5.15 Å². The van der Waals surface area contributed by atoms with E-state index in [1.54, 1.807) is 0 Å². The third-order valence-corrected chi connectivity index (χ3v) is 5.14. The van der Waals surface area contributed by atoms with Crippen molar-refractivity contribution in [2.24, 2.45) is 0 Å². The molecule has 2 rings (SSSR count). The number of carbonyl (C=O) groups excluding carboxylic acids is 1. The molecule has 1 amide bonds. The number of aromatic nitrogens is 1. The van der Waals surface area contributed by atoms with E-state index >= 15 is 0 Å². The average molecular weight is 357 g/mol. The number of hydrogen-bond acceptors (Lipinski definition) is 3. The summed E-state index contributed by atoms with van der Waals surface area (Å²) in [6, 6.07) is 8.56. The van der Waals surface area contributed by atoms with Crippen LogP contribution in [-0.4, -0.2) is 16.8 Å². The molecule has 22 heavy (non-hydrogen) atoms. The lowest BCUT2D eigenvalue weighted by Gasteiger charge is -2.05. The Morgan fingerprint density at radius 1 is 1.18 bits per heavy atom. The lowest BCUT2D eigenvalue weighted by molar-refractivity contribution is 0.0958. The van der Waals surface area contributed by atoms with Crippen molar-refractivity contribution in [1.82, 2.24) is 9.69 Å². The van der Waals surface area contributed by atoms with Crippen molar-refractivity contribution in [1.29, 1.82) is 0 Å². The van der Waals surface area contributed by atoms with Gasteiger partial charge in [0.2, 0.25) is 0 Å². The van der Waals surface area contributed by atoms with Gasteiger partial charge in [-0.3, -0.25) is 4.79 Å². The quantitative estimate of drug-likeness (QED) is 0.776. The number of carbonyl (C=O) groups is 1. The first-order valence-electron chi connectivity index (χ1n) is 7.28. The van der Waals surface area contributed by atoms with E-state index in [2.05, 4.69) is 40.9 Å². The molecule has 0 aliphatic heterocycles. The van der Waals surface area contributed by atoms with E-state index < -0.39 is 0 Å². The average Bonchev–Trinajstić information content (AvgIpc) is 2.86. The van der Waals surface area contributed by atoms with Crippen molar-refractivity contribution in [2.75, 3.05) is 6.54 Å². The number of unbranched alkanes of at least 4 members (excludes halogenated alkanes) is 1. The molecule has 1 aromatic heterocycles. The maximum Gasteiger partial charge on any atom is 0.264 e. The summed E-state index contributed by atoms with van der Waals surface area (Å²) in [5.41, 5.74) is 2.56. The van der Waals surface area contributed by atoms with Crippen molar-refractivity contribution in [3.8, 4) is 0 Å². The predicted molar refractivity (Wildman–Crippen MR) is 93.2 cm³/mol. The second kappa shape index (κ2) is 8.51. The molecule has 1 heterocycles. The van der Waals surface area contributed by atoms with E-state index in [1.165, 1.54) is 24.0 Å². The van der Waals surface area contributed by atoms with Crippen LogP contribution in [0.2, 0.25) is 10.2 Å². The fourth-order valence-corrected chi connectivity index (χ4v) is 3.19. The molecule has 0 spiro atoms. The minimum atomic E-state index is -0.228. The smallest absolute Gasteiger partial charge is 0.264 e. The van der Waals surface area contributed by atoms with Gasteiger partial charge in [0, 0.05) is 6.54 Å². The summed E-state index contributed by atoms with van der Waals surface area (Å²) in [6.07, 6.45) is 4.33. The molecule has 0 aliphatic carbocycles. The van der Waals surface area contributed by atoms with Crippen LogP contribution >= 0.6 is 34.7 Å². The Morgan fingerprint density at radius 2 is 1.82 bits per heavy atom. The summed E-state index contributed by atoms with van der Waals surface area (Å²) in [6.45, 7) is 2.75.